The third-order valence-corrected chi connectivity index (χ3v) is 5.70. The largest absolute Gasteiger partial charge is 0.421 e. The highest BCUT2D eigenvalue weighted by Crippen LogP contribution is 2.38. The molecule has 9 nitrogen and oxygen atoms in total. The van der Waals surface area contributed by atoms with Gasteiger partial charge in [0.1, 0.15) is 23.5 Å². The molecule has 0 aliphatic heterocycles. The Morgan fingerprint density at radius 2 is 2.10 bits per heavy atom. The molecule has 1 saturated carbocycles. The standard InChI is InChI=1S/C21H20ClN7O2/c1-10(26-19-17(18(23)24-9-25-19)20-28-27-11(2)31-20)15-8-12-4-3-5-14(22)16(12)21(30)29(15)13-6-7-13/h3-5,8-10,13H,6-7H2,1-2H3,(H3,23,24,25,26). The second kappa shape index (κ2) is 7.35. The minimum atomic E-state index is -0.270. The van der Waals surface area contributed by atoms with E-state index in [9.17, 15) is 4.79 Å². The van der Waals surface area contributed by atoms with E-state index in [-0.39, 0.29) is 29.4 Å². The summed E-state index contributed by atoms with van der Waals surface area (Å²) in [7, 11) is 0. The number of halogens is 1. The van der Waals surface area contributed by atoms with E-state index in [1.54, 1.807) is 13.0 Å². The van der Waals surface area contributed by atoms with Crippen LogP contribution >= 0.6 is 11.6 Å². The maximum Gasteiger partial charge on any atom is 0.260 e. The summed E-state index contributed by atoms with van der Waals surface area (Å²) in [6.45, 7) is 3.66. The molecule has 4 aromatic rings. The monoisotopic (exact) mass is 437 g/mol. The van der Waals surface area contributed by atoms with E-state index >= 15 is 0 Å². The molecule has 0 bridgehead atoms. The summed E-state index contributed by atoms with van der Waals surface area (Å²) in [5.74, 6) is 1.31. The quantitative estimate of drug-likeness (QED) is 0.481. The van der Waals surface area contributed by atoms with Crippen molar-refractivity contribution in [2.24, 2.45) is 0 Å². The minimum absolute atomic E-state index is 0.0794. The van der Waals surface area contributed by atoms with Gasteiger partial charge in [-0.05, 0) is 37.3 Å². The zero-order valence-electron chi connectivity index (χ0n) is 17.0. The van der Waals surface area contributed by atoms with Crippen molar-refractivity contribution in [2.45, 2.75) is 38.8 Å². The van der Waals surface area contributed by atoms with Crippen molar-refractivity contribution in [3.63, 3.8) is 0 Å². The molecule has 1 unspecified atom stereocenters. The van der Waals surface area contributed by atoms with Crippen molar-refractivity contribution in [2.75, 3.05) is 11.1 Å². The van der Waals surface area contributed by atoms with Crippen molar-refractivity contribution in [3.05, 3.63) is 57.6 Å². The van der Waals surface area contributed by atoms with Crippen molar-refractivity contribution in [3.8, 4) is 11.5 Å². The molecule has 0 amide bonds. The van der Waals surface area contributed by atoms with E-state index in [1.807, 2.05) is 29.7 Å². The number of nitrogens with two attached hydrogens (primary N) is 1. The SMILES string of the molecule is Cc1nnc(-c2c(N)ncnc2NC(C)c2cc3cccc(Cl)c3c(=O)n2C2CC2)o1. The average molecular weight is 438 g/mol. The lowest BCUT2D eigenvalue weighted by molar-refractivity contribution is 0.532. The van der Waals surface area contributed by atoms with E-state index in [1.165, 1.54) is 6.33 Å². The molecule has 0 radical (unpaired) electrons. The third kappa shape index (κ3) is 3.40. The molecular weight excluding hydrogens is 418 g/mol. The van der Waals surface area contributed by atoms with Gasteiger partial charge < -0.3 is 20.0 Å². The molecule has 3 aromatic heterocycles. The second-order valence-electron chi connectivity index (χ2n) is 7.65. The van der Waals surface area contributed by atoms with E-state index in [2.05, 4.69) is 25.5 Å². The van der Waals surface area contributed by atoms with E-state index in [0.29, 0.717) is 27.7 Å². The number of pyridine rings is 1. The predicted molar refractivity (Wildman–Crippen MR) is 118 cm³/mol. The van der Waals surface area contributed by atoms with Crippen LogP contribution in [0.3, 0.4) is 0 Å². The van der Waals surface area contributed by atoms with Crippen LogP contribution in [0.5, 0.6) is 0 Å². The minimum Gasteiger partial charge on any atom is -0.421 e. The first-order chi connectivity index (χ1) is 14.9. The second-order valence-corrected chi connectivity index (χ2v) is 8.06. The summed E-state index contributed by atoms with van der Waals surface area (Å²) in [6, 6.07) is 7.38. The molecule has 31 heavy (non-hydrogen) atoms. The lowest BCUT2D eigenvalue weighted by Gasteiger charge is -2.22. The highest BCUT2D eigenvalue weighted by molar-refractivity contribution is 6.35. The molecule has 3 N–H and O–H groups in total. The molecule has 158 valence electrons. The fraction of sp³-hybridized carbons (Fsp3) is 0.286. The van der Waals surface area contributed by atoms with E-state index in [0.717, 1.165) is 23.9 Å². The number of hydrogen-bond donors (Lipinski definition) is 2. The van der Waals surface area contributed by atoms with Crippen LogP contribution < -0.4 is 16.6 Å². The van der Waals surface area contributed by atoms with E-state index < -0.39 is 0 Å². The Hall–Kier alpha value is -3.46. The molecule has 1 aliphatic rings. The number of aryl methyl sites for hydroxylation is 1. The molecule has 1 atom stereocenters. The zero-order chi connectivity index (χ0) is 21.7. The first-order valence-corrected chi connectivity index (χ1v) is 10.3. The number of anilines is 2. The molecule has 5 rings (SSSR count). The molecule has 10 heteroatoms. The number of rotatable bonds is 5. The van der Waals surface area contributed by atoms with Crippen LogP contribution in [0.1, 0.15) is 43.4 Å². The van der Waals surface area contributed by atoms with Gasteiger partial charge in [0, 0.05) is 18.7 Å². The third-order valence-electron chi connectivity index (χ3n) is 5.39. The zero-order valence-corrected chi connectivity index (χ0v) is 17.7. The summed E-state index contributed by atoms with van der Waals surface area (Å²) in [5, 5.41) is 13.1. The molecule has 1 aliphatic carbocycles. The Bertz CT molecular complexity index is 1360. The number of nitrogens with zero attached hydrogens (tertiary/aromatic N) is 5. The van der Waals surface area contributed by atoms with Crippen molar-refractivity contribution < 1.29 is 4.42 Å². The van der Waals surface area contributed by atoms with Gasteiger partial charge >= 0.3 is 0 Å². The Balaban J connectivity index is 1.61. The Morgan fingerprint density at radius 1 is 1.29 bits per heavy atom. The summed E-state index contributed by atoms with van der Waals surface area (Å²) in [5.41, 5.74) is 7.28. The van der Waals surface area contributed by atoms with E-state index in [4.69, 9.17) is 21.8 Å². The topological polar surface area (TPSA) is 125 Å². The molecular formula is C21H20ClN7O2. The van der Waals surface area contributed by atoms with Gasteiger partial charge in [0.15, 0.2) is 0 Å². The summed E-state index contributed by atoms with van der Waals surface area (Å²) in [4.78, 5) is 21.7. The highest BCUT2D eigenvalue weighted by Gasteiger charge is 2.30. The first kappa shape index (κ1) is 19.5. The van der Waals surface area contributed by atoms with Crippen molar-refractivity contribution in [1.29, 1.82) is 0 Å². The van der Waals surface area contributed by atoms with Gasteiger partial charge in [-0.3, -0.25) is 4.79 Å². The first-order valence-electron chi connectivity index (χ1n) is 9.95. The van der Waals surface area contributed by atoms with Crippen LogP contribution in [0.25, 0.3) is 22.2 Å². The fourth-order valence-corrected chi connectivity index (χ4v) is 4.06. The van der Waals surface area contributed by atoms with Crippen molar-refractivity contribution >= 4 is 34.0 Å². The average Bonchev–Trinajstić information content (AvgIpc) is 3.48. The summed E-state index contributed by atoms with van der Waals surface area (Å²) in [6.07, 6.45) is 3.29. The predicted octanol–water partition coefficient (Wildman–Crippen LogP) is 3.89. The van der Waals surface area contributed by atoms with Crippen LogP contribution in [-0.2, 0) is 0 Å². The number of aromatic nitrogens is 5. The van der Waals surface area contributed by atoms with Gasteiger partial charge in [-0.1, -0.05) is 23.7 Å². The van der Waals surface area contributed by atoms with Crippen LogP contribution in [-0.4, -0.2) is 24.7 Å². The molecule has 0 saturated heterocycles. The summed E-state index contributed by atoms with van der Waals surface area (Å²) >= 11 is 6.35. The van der Waals surface area contributed by atoms with Gasteiger partial charge in [-0.15, -0.1) is 10.2 Å². The Kier molecular flexibility index (Phi) is 4.62. The highest BCUT2D eigenvalue weighted by atomic mass is 35.5. The number of benzene rings is 1. The van der Waals surface area contributed by atoms with Gasteiger partial charge in [0.2, 0.25) is 5.89 Å². The number of nitrogens with one attached hydrogen (secondary N) is 1. The van der Waals surface area contributed by atoms with Crippen LogP contribution in [0.4, 0.5) is 11.6 Å². The van der Waals surface area contributed by atoms with Crippen LogP contribution in [0.2, 0.25) is 5.02 Å². The summed E-state index contributed by atoms with van der Waals surface area (Å²) < 4.78 is 7.39. The molecule has 1 aromatic carbocycles. The number of hydrogen-bond acceptors (Lipinski definition) is 8. The maximum atomic E-state index is 13.3. The number of nitrogen functional groups attached to an aromatic ring is 1. The Labute approximate surface area is 182 Å². The Morgan fingerprint density at radius 3 is 2.81 bits per heavy atom. The fourth-order valence-electron chi connectivity index (χ4n) is 3.79. The normalized spacial score (nSPS) is 14.7. The van der Waals surface area contributed by atoms with Crippen LogP contribution in [0.15, 0.2) is 39.8 Å². The molecule has 1 fully saturated rings. The molecule has 0 spiro atoms. The van der Waals surface area contributed by atoms with Crippen molar-refractivity contribution in [1.82, 2.24) is 24.7 Å². The van der Waals surface area contributed by atoms with Gasteiger partial charge in [0.25, 0.3) is 11.4 Å². The van der Waals surface area contributed by atoms with Gasteiger partial charge in [-0.25, -0.2) is 9.97 Å². The maximum absolute atomic E-state index is 13.3. The van der Waals surface area contributed by atoms with Crippen LogP contribution in [0, 0.1) is 6.92 Å². The number of fused-ring (bicyclic) bond motifs is 1. The molecule has 3 heterocycles. The lowest BCUT2D eigenvalue weighted by Crippen LogP contribution is -2.26. The smallest absolute Gasteiger partial charge is 0.260 e. The lowest BCUT2D eigenvalue weighted by atomic mass is 10.1. The van der Waals surface area contributed by atoms with Gasteiger partial charge in [0.05, 0.1) is 16.5 Å². The van der Waals surface area contributed by atoms with Gasteiger partial charge in [-0.2, -0.15) is 0 Å².